The molecule has 0 radical (unpaired) electrons. The molecule has 0 spiro atoms. The van der Waals surface area contributed by atoms with E-state index in [2.05, 4.69) is 21.4 Å². The molecule has 0 saturated heterocycles. The van der Waals surface area contributed by atoms with Gasteiger partial charge in [0, 0.05) is 49.7 Å². The van der Waals surface area contributed by atoms with E-state index in [1.807, 2.05) is 11.0 Å². The van der Waals surface area contributed by atoms with Crippen molar-refractivity contribution in [3.63, 3.8) is 0 Å². The second kappa shape index (κ2) is 8.81. The quantitative estimate of drug-likeness (QED) is 0.515. The lowest BCUT2D eigenvalue weighted by molar-refractivity contribution is -0.135. The number of halogens is 4. The molecule has 32 heavy (non-hydrogen) atoms. The van der Waals surface area contributed by atoms with Gasteiger partial charge in [0.25, 0.3) is 5.92 Å². The molecular formula is C21H18ClF3N6O. The maximum atomic E-state index is 14.6. The van der Waals surface area contributed by atoms with Gasteiger partial charge in [0.05, 0.1) is 11.6 Å². The van der Waals surface area contributed by atoms with Crippen molar-refractivity contribution in [2.24, 2.45) is 0 Å². The number of nitrogens with one attached hydrogen (secondary N) is 1. The summed E-state index contributed by atoms with van der Waals surface area (Å²) in [6.07, 6.45) is -0.936. The standard InChI is InChI=1S/C21H18ClF3N6O/c22-18-15(9-27)14-3-6-31(11-16(14)20(30-18)28-5-4-26)10-12-1-2-17(29-19(12)23)32-13-7-21(24,25)8-13/h1-2,13H,3,5-8,10-11H2,(H,28,30). The van der Waals surface area contributed by atoms with E-state index >= 15 is 0 Å². The van der Waals surface area contributed by atoms with Crippen molar-refractivity contribution in [1.82, 2.24) is 14.9 Å². The topological polar surface area (TPSA) is 97.9 Å². The Morgan fingerprint density at radius 3 is 2.69 bits per heavy atom. The average Bonchev–Trinajstić information content (AvgIpc) is 2.73. The molecule has 2 aromatic heterocycles. The zero-order valence-corrected chi connectivity index (χ0v) is 17.6. The Morgan fingerprint density at radius 1 is 1.25 bits per heavy atom. The minimum Gasteiger partial charge on any atom is -0.474 e. The second-order valence-electron chi connectivity index (χ2n) is 7.77. The Bertz CT molecular complexity index is 1120. The van der Waals surface area contributed by atoms with Gasteiger partial charge in [-0.15, -0.1) is 0 Å². The molecule has 1 saturated carbocycles. The Hall–Kier alpha value is -3.08. The van der Waals surface area contributed by atoms with Crippen LogP contribution >= 0.6 is 11.6 Å². The number of aromatic nitrogens is 2. The lowest BCUT2D eigenvalue weighted by atomic mass is 9.91. The molecule has 1 N–H and O–H groups in total. The van der Waals surface area contributed by atoms with Crippen molar-refractivity contribution in [3.05, 3.63) is 45.5 Å². The average molecular weight is 463 g/mol. The molecule has 1 aliphatic heterocycles. The van der Waals surface area contributed by atoms with E-state index < -0.39 is 30.8 Å². The molecule has 0 amide bonds. The van der Waals surface area contributed by atoms with Crippen LogP contribution in [0.3, 0.4) is 0 Å². The third-order valence-electron chi connectivity index (χ3n) is 5.51. The highest BCUT2D eigenvalue weighted by molar-refractivity contribution is 6.30. The van der Waals surface area contributed by atoms with Gasteiger partial charge in [0.2, 0.25) is 11.8 Å². The highest BCUT2D eigenvalue weighted by Gasteiger charge is 2.47. The molecule has 0 unspecified atom stereocenters. The highest BCUT2D eigenvalue weighted by Crippen LogP contribution is 2.39. The fourth-order valence-corrected chi connectivity index (χ4v) is 4.15. The zero-order chi connectivity index (χ0) is 22.9. The summed E-state index contributed by atoms with van der Waals surface area (Å²) in [5.74, 6) is -3.04. The van der Waals surface area contributed by atoms with Crippen molar-refractivity contribution in [1.29, 1.82) is 10.5 Å². The van der Waals surface area contributed by atoms with Gasteiger partial charge in [-0.3, -0.25) is 4.90 Å². The van der Waals surface area contributed by atoms with Crippen LogP contribution in [0.1, 0.15) is 35.1 Å². The van der Waals surface area contributed by atoms with Crippen molar-refractivity contribution in [3.8, 4) is 18.0 Å². The molecule has 0 atom stereocenters. The summed E-state index contributed by atoms with van der Waals surface area (Å²) in [6.45, 7) is 1.18. The van der Waals surface area contributed by atoms with Gasteiger partial charge in [-0.25, -0.2) is 13.8 Å². The van der Waals surface area contributed by atoms with Crippen LogP contribution in [-0.4, -0.2) is 40.0 Å². The Morgan fingerprint density at radius 2 is 2.03 bits per heavy atom. The molecular weight excluding hydrogens is 445 g/mol. The number of anilines is 1. The SMILES string of the molecule is N#CCNc1nc(Cl)c(C#N)c2c1CN(Cc1ccc(OC3CC(F)(F)C3)nc1F)CC2. The van der Waals surface area contributed by atoms with E-state index in [0.717, 1.165) is 11.1 Å². The van der Waals surface area contributed by atoms with Gasteiger partial charge < -0.3 is 10.1 Å². The Balaban J connectivity index is 1.48. The number of rotatable bonds is 6. The molecule has 0 aromatic carbocycles. The minimum atomic E-state index is -2.72. The Labute approximate surface area is 187 Å². The van der Waals surface area contributed by atoms with Gasteiger partial charge >= 0.3 is 0 Å². The van der Waals surface area contributed by atoms with Gasteiger partial charge in [-0.2, -0.15) is 19.9 Å². The zero-order valence-electron chi connectivity index (χ0n) is 16.8. The van der Waals surface area contributed by atoms with E-state index in [4.69, 9.17) is 21.6 Å². The van der Waals surface area contributed by atoms with Crippen molar-refractivity contribution in [2.75, 3.05) is 18.4 Å². The van der Waals surface area contributed by atoms with Crippen LogP contribution in [0.4, 0.5) is 19.0 Å². The molecule has 3 heterocycles. The monoisotopic (exact) mass is 462 g/mol. The summed E-state index contributed by atoms with van der Waals surface area (Å²) in [5.41, 5.74) is 2.14. The summed E-state index contributed by atoms with van der Waals surface area (Å²) in [4.78, 5) is 9.94. The van der Waals surface area contributed by atoms with Crippen LogP contribution in [0.2, 0.25) is 5.15 Å². The number of nitrogens with zero attached hydrogens (tertiary/aromatic N) is 5. The van der Waals surface area contributed by atoms with Crippen molar-refractivity contribution >= 4 is 17.4 Å². The predicted molar refractivity (Wildman–Crippen MR) is 109 cm³/mol. The smallest absolute Gasteiger partial charge is 0.255 e. The number of ether oxygens (including phenoxy) is 1. The summed E-state index contributed by atoms with van der Waals surface area (Å²) in [5, 5.41) is 21.3. The van der Waals surface area contributed by atoms with E-state index in [-0.39, 0.29) is 24.1 Å². The lowest BCUT2D eigenvalue weighted by Crippen LogP contribution is -2.43. The molecule has 4 rings (SSSR count). The first-order valence-corrected chi connectivity index (χ1v) is 10.3. The maximum Gasteiger partial charge on any atom is 0.255 e. The van der Waals surface area contributed by atoms with Crippen LogP contribution < -0.4 is 10.1 Å². The van der Waals surface area contributed by atoms with Gasteiger partial charge in [0.1, 0.15) is 29.7 Å². The highest BCUT2D eigenvalue weighted by atomic mass is 35.5. The molecule has 7 nitrogen and oxygen atoms in total. The summed E-state index contributed by atoms with van der Waals surface area (Å²) >= 11 is 6.13. The number of hydrogen-bond donors (Lipinski definition) is 1. The number of fused-ring (bicyclic) bond motifs is 1. The fraction of sp³-hybridized carbons (Fsp3) is 0.429. The second-order valence-corrected chi connectivity index (χ2v) is 8.13. The van der Waals surface area contributed by atoms with Crippen LogP contribution in [0, 0.1) is 28.6 Å². The first-order valence-electron chi connectivity index (χ1n) is 9.94. The van der Waals surface area contributed by atoms with Crippen molar-refractivity contribution in [2.45, 2.75) is 44.4 Å². The van der Waals surface area contributed by atoms with E-state index in [0.29, 0.717) is 36.5 Å². The molecule has 0 bridgehead atoms. The largest absolute Gasteiger partial charge is 0.474 e. The molecule has 166 valence electrons. The van der Waals surface area contributed by atoms with Crippen LogP contribution in [-0.2, 0) is 19.5 Å². The fourth-order valence-electron chi connectivity index (χ4n) is 3.91. The lowest BCUT2D eigenvalue weighted by Gasteiger charge is -2.34. The van der Waals surface area contributed by atoms with Gasteiger partial charge in [-0.05, 0) is 18.1 Å². The van der Waals surface area contributed by atoms with Gasteiger partial charge in [-0.1, -0.05) is 11.6 Å². The van der Waals surface area contributed by atoms with E-state index in [9.17, 15) is 18.4 Å². The van der Waals surface area contributed by atoms with Gasteiger partial charge in [0.15, 0.2) is 0 Å². The normalized spacial score (nSPS) is 17.6. The third kappa shape index (κ3) is 4.57. The number of hydrogen-bond acceptors (Lipinski definition) is 7. The predicted octanol–water partition coefficient (Wildman–Crippen LogP) is 3.81. The summed E-state index contributed by atoms with van der Waals surface area (Å²) in [6, 6.07) is 7.06. The van der Waals surface area contributed by atoms with E-state index in [1.54, 1.807) is 0 Å². The minimum absolute atomic E-state index is 0.0174. The number of alkyl halides is 2. The maximum absolute atomic E-state index is 14.6. The van der Waals surface area contributed by atoms with Crippen LogP contribution in [0.5, 0.6) is 5.88 Å². The van der Waals surface area contributed by atoms with Crippen molar-refractivity contribution < 1.29 is 17.9 Å². The number of nitriles is 2. The molecule has 2 aliphatic rings. The Kier molecular flexibility index (Phi) is 6.09. The number of pyridine rings is 2. The third-order valence-corrected chi connectivity index (χ3v) is 5.78. The van der Waals surface area contributed by atoms with Crippen LogP contribution in [0.15, 0.2) is 12.1 Å². The first kappa shape index (κ1) is 22.1. The first-order chi connectivity index (χ1) is 15.3. The summed E-state index contributed by atoms with van der Waals surface area (Å²) in [7, 11) is 0. The molecule has 2 aromatic rings. The molecule has 1 aliphatic carbocycles. The van der Waals surface area contributed by atoms with Crippen LogP contribution in [0.25, 0.3) is 0 Å². The molecule has 11 heteroatoms. The summed E-state index contributed by atoms with van der Waals surface area (Å²) < 4.78 is 45.7. The van der Waals surface area contributed by atoms with E-state index in [1.165, 1.54) is 12.1 Å². The molecule has 1 fully saturated rings.